The minimum Gasteiger partial charge on any atom is -0.480 e. The first-order chi connectivity index (χ1) is 10.1. The fraction of sp³-hybridized carbons (Fsp3) is 0.692. The summed E-state index contributed by atoms with van der Waals surface area (Å²) in [5.74, 6) is -0.763. The van der Waals surface area contributed by atoms with Gasteiger partial charge in [-0.2, -0.15) is 0 Å². The average molecular weight is 295 g/mol. The Bertz CT molecular complexity index is 502. The van der Waals surface area contributed by atoms with E-state index in [1.807, 2.05) is 0 Å². The maximum absolute atomic E-state index is 12.2. The van der Waals surface area contributed by atoms with Gasteiger partial charge in [-0.1, -0.05) is 18.1 Å². The lowest BCUT2D eigenvalue weighted by atomic mass is 9.79. The molecule has 1 aliphatic carbocycles. The summed E-state index contributed by atoms with van der Waals surface area (Å²) in [4.78, 5) is 22.8. The van der Waals surface area contributed by atoms with Crippen molar-refractivity contribution in [2.45, 2.75) is 38.8 Å². The van der Waals surface area contributed by atoms with Gasteiger partial charge in [0.2, 0.25) is 5.91 Å². The van der Waals surface area contributed by atoms with Gasteiger partial charge in [0.25, 0.3) is 0 Å². The molecule has 0 aromatic carbocycles. The van der Waals surface area contributed by atoms with Crippen LogP contribution in [-0.4, -0.2) is 38.5 Å². The van der Waals surface area contributed by atoms with Crippen LogP contribution in [0, 0.1) is 11.8 Å². The number of aromatic nitrogens is 3. The lowest BCUT2D eigenvalue weighted by molar-refractivity contribution is -0.138. The van der Waals surface area contributed by atoms with E-state index in [4.69, 9.17) is 10.8 Å². The molecule has 1 heterocycles. The van der Waals surface area contributed by atoms with Crippen molar-refractivity contribution < 1.29 is 14.7 Å². The molecular formula is C13H21N5O3. The number of carbonyl (C=O) groups excluding carboxylic acids is 1. The Kier molecular flexibility index (Phi) is 5.26. The van der Waals surface area contributed by atoms with Crippen LogP contribution in [0.4, 0.5) is 0 Å². The second-order valence-electron chi connectivity index (χ2n) is 5.41. The highest BCUT2D eigenvalue weighted by molar-refractivity contribution is 5.79. The number of carboxylic acid groups (broad SMARTS) is 1. The highest BCUT2D eigenvalue weighted by Gasteiger charge is 2.29. The highest BCUT2D eigenvalue weighted by atomic mass is 16.4. The van der Waals surface area contributed by atoms with Crippen molar-refractivity contribution >= 4 is 11.9 Å². The molecule has 8 heteroatoms. The van der Waals surface area contributed by atoms with Crippen molar-refractivity contribution in [3.63, 3.8) is 0 Å². The predicted molar refractivity (Wildman–Crippen MR) is 74.0 cm³/mol. The van der Waals surface area contributed by atoms with E-state index in [1.54, 1.807) is 0 Å². The monoisotopic (exact) mass is 295 g/mol. The van der Waals surface area contributed by atoms with Crippen molar-refractivity contribution in [2.75, 3.05) is 6.54 Å². The van der Waals surface area contributed by atoms with E-state index >= 15 is 0 Å². The topological polar surface area (TPSA) is 123 Å². The summed E-state index contributed by atoms with van der Waals surface area (Å²) in [6.45, 7) is 0.554. The van der Waals surface area contributed by atoms with Gasteiger partial charge in [0.15, 0.2) is 0 Å². The Morgan fingerprint density at radius 3 is 2.90 bits per heavy atom. The van der Waals surface area contributed by atoms with E-state index in [1.165, 1.54) is 10.9 Å². The molecule has 0 saturated heterocycles. The zero-order chi connectivity index (χ0) is 15.2. The maximum Gasteiger partial charge on any atom is 0.325 e. The number of hydrogen-bond donors (Lipinski definition) is 3. The second kappa shape index (κ2) is 7.16. The lowest BCUT2D eigenvalue weighted by Crippen LogP contribution is -2.39. The second-order valence-corrected chi connectivity index (χ2v) is 5.41. The summed E-state index contributed by atoms with van der Waals surface area (Å²) in [7, 11) is 0. The molecule has 116 valence electrons. The van der Waals surface area contributed by atoms with Crippen LogP contribution in [0.3, 0.4) is 0 Å². The van der Waals surface area contributed by atoms with E-state index in [-0.39, 0.29) is 30.8 Å². The van der Waals surface area contributed by atoms with Crippen molar-refractivity contribution in [2.24, 2.45) is 17.6 Å². The van der Waals surface area contributed by atoms with Gasteiger partial charge < -0.3 is 16.2 Å². The molecule has 21 heavy (non-hydrogen) atoms. The molecule has 8 nitrogen and oxygen atoms in total. The van der Waals surface area contributed by atoms with Gasteiger partial charge in [-0.05, 0) is 25.3 Å². The van der Waals surface area contributed by atoms with E-state index in [0.29, 0.717) is 12.2 Å². The fourth-order valence-corrected chi connectivity index (χ4v) is 2.78. The third kappa shape index (κ3) is 4.25. The number of carbonyl (C=O) groups is 2. The minimum atomic E-state index is -0.983. The largest absolute Gasteiger partial charge is 0.480 e. The first-order valence-electron chi connectivity index (χ1n) is 7.18. The average Bonchev–Trinajstić information content (AvgIpc) is 2.91. The molecule has 1 aliphatic rings. The number of aliphatic carboxylic acids is 1. The Labute approximate surface area is 122 Å². The van der Waals surface area contributed by atoms with Gasteiger partial charge in [0.05, 0.1) is 12.7 Å². The van der Waals surface area contributed by atoms with Crippen LogP contribution >= 0.6 is 0 Å². The molecule has 2 unspecified atom stereocenters. The molecule has 2 rings (SSSR count). The molecule has 0 radical (unpaired) electrons. The van der Waals surface area contributed by atoms with Crippen molar-refractivity contribution in [3.05, 3.63) is 11.9 Å². The lowest BCUT2D eigenvalue weighted by Gasteiger charge is -2.29. The van der Waals surface area contributed by atoms with Crippen LogP contribution in [0.2, 0.25) is 0 Å². The number of nitrogens with one attached hydrogen (secondary N) is 1. The SMILES string of the molecule is NCC1CCCCC1C(=O)NCc1cn(CC(=O)O)nn1. The van der Waals surface area contributed by atoms with Gasteiger partial charge >= 0.3 is 5.97 Å². The van der Waals surface area contributed by atoms with Crippen LogP contribution in [0.15, 0.2) is 6.20 Å². The van der Waals surface area contributed by atoms with Gasteiger partial charge in [0.1, 0.15) is 12.2 Å². The summed E-state index contributed by atoms with van der Waals surface area (Å²) in [6, 6.07) is 0. The third-order valence-corrected chi connectivity index (χ3v) is 3.88. The van der Waals surface area contributed by atoms with E-state index in [9.17, 15) is 9.59 Å². The van der Waals surface area contributed by atoms with Gasteiger partial charge in [0, 0.05) is 5.92 Å². The molecule has 0 bridgehead atoms. The Hall–Kier alpha value is -1.96. The molecule has 1 aromatic rings. The van der Waals surface area contributed by atoms with Crippen LogP contribution in [-0.2, 0) is 22.7 Å². The summed E-state index contributed by atoms with van der Waals surface area (Å²) in [5, 5.41) is 19.0. The standard InChI is InChI=1S/C13H21N5O3/c14-5-9-3-1-2-4-11(9)13(21)15-6-10-7-18(17-16-10)8-12(19)20/h7,9,11H,1-6,8,14H2,(H,15,21)(H,19,20). The number of hydrogen-bond acceptors (Lipinski definition) is 5. The van der Waals surface area contributed by atoms with Gasteiger partial charge in [-0.3, -0.25) is 9.59 Å². The summed E-state index contributed by atoms with van der Waals surface area (Å²) < 4.78 is 1.23. The smallest absolute Gasteiger partial charge is 0.325 e. The Balaban J connectivity index is 1.85. The molecule has 1 fully saturated rings. The van der Waals surface area contributed by atoms with Crippen LogP contribution in [0.1, 0.15) is 31.4 Å². The molecule has 0 spiro atoms. The molecule has 1 amide bonds. The van der Waals surface area contributed by atoms with Crippen molar-refractivity contribution in [1.82, 2.24) is 20.3 Å². The first-order valence-corrected chi connectivity index (χ1v) is 7.18. The number of rotatable bonds is 6. The minimum absolute atomic E-state index is 0.00191. The molecule has 0 aliphatic heterocycles. The Morgan fingerprint density at radius 2 is 2.19 bits per heavy atom. The zero-order valence-electron chi connectivity index (χ0n) is 11.9. The zero-order valence-corrected chi connectivity index (χ0v) is 11.9. The number of carboxylic acids is 1. The van der Waals surface area contributed by atoms with Crippen LogP contribution < -0.4 is 11.1 Å². The predicted octanol–water partition coefficient (Wildman–Crippen LogP) is -0.256. The van der Waals surface area contributed by atoms with Gasteiger partial charge in [-0.25, -0.2) is 4.68 Å². The highest BCUT2D eigenvalue weighted by Crippen LogP contribution is 2.29. The van der Waals surface area contributed by atoms with Crippen LogP contribution in [0.25, 0.3) is 0 Å². The summed E-state index contributed by atoms with van der Waals surface area (Å²) in [6.07, 6.45) is 5.59. The fourth-order valence-electron chi connectivity index (χ4n) is 2.78. The molecule has 1 aromatic heterocycles. The number of amides is 1. The molecule has 1 saturated carbocycles. The quantitative estimate of drug-likeness (QED) is 0.664. The molecule has 4 N–H and O–H groups in total. The first kappa shape index (κ1) is 15.4. The van der Waals surface area contributed by atoms with Gasteiger partial charge in [-0.15, -0.1) is 5.10 Å². The maximum atomic E-state index is 12.2. The molecular weight excluding hydrogens is 274 g/mol. The van der Waals surface area contributed by atoms with Crippen molar-refractivity contribution in [1.29, 1.82) is 0 Å². The van der Waals surface area contributed by atoms with Crippen molar-refractivity contribution in [3.8, 4) is 0 Å². The summed E-state index contributed by atoms with van der Waals surface area (Å²) in [5.41, 5.74) is 6.27. The van der Waals surface area contributed by atoms with Crippen LogP contribution in [0.5, 0.6) is 0 Å². The van der Waals surface area contributed by atoms with E-state index < -0.39 is 5.97 Å². The Morgan fingerprint density at radius 1 is 1.43 bits per heavy atom. The van der Waals surface area contributed by atoms with E-state index in [2.05, 4.69) is 15.6 Å². The third-order valence-electron chi connectivity index (χ3n) is 3.88. The number of nitrogens with two attached hydrogens (primary N) is 1. The summed E-state index contributed by atoms with van der Waals surface area (Å²) >= 11 is 0. The normalized spacial score (nSPS) is 22.0. The number of nitrogens with zero attached hydrogens (tertiary/aromatic N) is 3. The molecule has 2 atom stereocenters. The van der Waals surface area contributed by atoms with E-state index in [0.717, 1.165) is 25.7 Å².